The monoisotopic (exact) mass is 354 g/mol. The highest BCUT2D eigenvalue weighted by molar-refractivity contribution is 5.92. The van der Waals surface area contributed by atoms with E-state index in [1.807, 2.05) is 0 Å². The van der Waals surface area contributed by atoms with Gasteiger partial charge < -0.3 is 14.8 Å². The molecule has 0 bridgehead atoms. The van der Waals surface area contributed by atoms with Gasteiger partial charge in [0, 0.05) is 12.5 Å². The lowest BCUT2D eigenvalue weighted by Gasteiger charge is -2.11. The molecule has 0 saturated heterocycles. The normalized spacial score (nSPS) is 10.5. The minimum Gasteiger partial charge on any atom is -0.497 e. The number of anilines is 1. The van der Waals surface area contributed by atoms with Crippen LogP contribution >= 0.6 is 0 Å². The number of nitrogens with zero attached hydrogens (tertiary/aromatic N) is 3. The third-order valence-corrected chi connectivity index (χ3v) is 3.86. The van der Waals surface area contributed by atoms with Gasteiger partial charge in [-0.3, -0.25) is 9.59 Å². The molecule has 8 nitrogen and oxygen atoms in total. The molecule has 26 heavy (non-hydrogen) atoms. The first-order chi connectivity index (χ1) is 12.6. The van der Waals surface area contributed by atoms with E-state index in [-0.39, 0.29) is 24.4 Å². The Kier molecular flexibility index (Phi) is 5.12. The Morgan fingerprint density at radius 3 is 2.73 bits per heavy atom. The van der Waals surface area contributed by atoms with E-state index >= 15 is 0 Å². The maximum Gasteiger partial charge on any atom is 0.277 e. The average molecular weight is 354 g/mol. The van der Waals surface area contributed by atoms with Crippen LogP contribution in [0.1, 0.15) is 6.42 Å². The van der Waals surface area contributed by atoms with Crippen molar-refractivity contribution in [1.82, 2.24) is 15.0 Å². The number of carbonyl (C=O) groups excluding carboxylic acids is 1. The Morgan fingerprint density at radius 2 is 1.96 bits per heavy atom. The predicted octanol–water partition coefficient (Wildman–Crippen LogP) is 1.84. The summed E-state index contributed by atoms with van der Waals surface area (Å²) in [6.07, 6.45) is 0.0715. The number of benzene rings is 2. The molecule has 0 atom stereocenters. The third-order valence-electron chi connectivity index (χ3n) is 3.86. The molecule has 2 aromatic carbocycles. The molecule has 3 aromatic rings. The number of ether oxygens (including phenoxy) is 2. The molecule has 0 aliphatic heterocycles. The number of rotatable bonds is 6. The van der Waals surface area contributed by atoms with Gasteiger partial charge in [0.15, 0.2) is 0 Å². The molecule has 0 aliphatic carbocycles. The first-order valence-corrected chi connectivity index (χ1v) is 7.97. The molecule has 0 unspecified atom stereocenters. The van der Waals surface area contributed by atoms with Crippen molar-refractivity contribution in [3.63, 3.8) is 0 Å². The summed E-state index contributed by atoms with van der Waals surface area (Å²) < 4.78 is 11.6. The summed E-state index contributed by atoms with van der Waals surface area (Å²) in [6.45, 7) is 0.126. The molecular formula is C18H18N4O4. The van der Waals surface area contributed by atoms with E-state index in [1.54, 1.807) is 49.6 Å². The van der Waals surface area contributed by atoms with E-state index in [0.717, 1.165) is 0 Å². The van der Waals surface area contributed by atoms with Crippen LogP contribution in [0.15, 0.2) is 47.3 Å². The van der Waals surface area contributed by atoms with Gasteiger partial charge in [-0.15, -0.1) is 5.10 Å². The summed E-state index contributed by atoms with van der Waals surface area (Å²) in [5.41, 5.74) is 0.779. The number of amides is 1. The molecule has 1 N–H and O–H groups in total. The highest BCUT2D eigenvalue weighted by Gasteiger charge is 2.11. The van der Waals surface area contributed by atoms with Crippen molar-refractivity contribution in [1.29, 1.82) is 0 Å². The van der Waals surface area contributed by atoms with Crippen molar-refractivity contribution in [3.8, 4) is 11.5 Å². The number of aromatic nitrogens is 3. The Balaban J connectivity index is 1.70. The lowest BCUT2D eigenvalue weighted by molar-refractivity contribution is -0.116. The number of hydrogen-bond acceptors (Lipinski definition) is 6. The predicted molar refractivity (Wildman–Crippen MR) is 96.6 cm³/mol. The van der Waals surface area contributed by atoms with Gasteiger partial charge >= 0.3 is 0 Å². The lowest BCUT2D eigenvalue weighted by atomic mass is 10.2. The van der Waals surface area contributed by atoms with Crippen LogP contribution in [0.3, 0.4) is 0 Å². The van der Waals surface area contributed by atoms with E-state index < -0.39 is 0 Å². The maximum absolute atomic E-state index is 12.4. The van der Waals surface area contributed by atoms with Crippen molar-refractivity contribution in [2.45, 2.75) is 13.0 Å². The summed E-state index contributed by atoms with van der Waals surface area (Å²) in [5.74, 6) is 0.841. The van der Waals surface area contributed by atoms with Crippen LogP contribution in [-0.2, 0) is 11.3 Å². The largest absolute Gasteiger partial charge is 0.497 e. The average Bonchev–Trinajstić information content (AvgIpc) is 2.68. The summed E-state index contributed by atoms with van der Waals surface area (Å²) >= 11 is 0. The molecule has 0 radical (unpaired) electrons. The summed E-state index contributed by atoms with van der Waals surface area (Å²) in [7, 11) is 3.06. The van der Waals surface area contributed by atoms with Crippen molar-refractivity contribution >= 4 is 22.5 Å². The number of hydrogen-bond donors (Lipinski definition) is 1. The van der Waals surface area contributed by atoms with E-state index in [9.17, 15) is 9.59 Å². The van der Waals surface area contributed by atoms with Gasteiger partial charge in [0.1, 0.15) is 17.0 Å². The van der Waals surface area contributed by atoms with Gasteiger partial charge in [-0.2, -0.15) is 0 Å². The molecule has 8 heteroatoms. The Hall–Kier alpha value is -3.42. The van der Waals surface area contributed by atoms with Crippen LogP contribution in [0, 0.1) is 0 Å². The summed E-state index contributed by atoms with van der Waals surface area (Å²) in [5, 5.41) is 11.1. The molecule has 0 aliphatic rings. The third kappa shape index (κ3) is 3.64. The van der Waals surface area contributed by atoms with Crippen LogP contribution < -0.4 is 20.3 Å². The van der Waals surface area contributed by atoms with Gasteiger partial charge in [-0.05, 0) is 24.3 Å². The van der Waals surface area contributed by atoms with E-state index in [1.165, 1.54) is 11.8 Å². The fraction of sp³-hybridized carbons (Fsp3) is 0.222. The number of fused-ring (bicyclic) bond motifs is 1. The second-order valence-electron chi connectivity index (χ2n) is 5.50. The molecule has 1 aromatic heterocycles. The zero-order valence-electron chi connectivity index (χ0n) is 14.4. The smallest absolute Gasteiger partial charge is 0.277 e. The van der Waals surface area contributed by atoms with E-state index in [2.05, 4.69) is 15.6 Å². The first-order valence-electron chi connectivity index (χ1n) is 7.97. The Morgan fingerprint density at radius 1 is 1.15 bits per heavy atom. The van der Waals surface area contributed by atoms with Gasteiger partial charge in [0.05, 0.1) is 31.8 Å². The molecule has 0 fully saturated rings. The highest BCUT2D eigenvalue weighted by Crippen LogP contribution is 2.29. The van der Waals surface area contributed by atoms with Crippen LogP contribution in [0.2, 0.25) is 0 Å². The minimum atomic E-state index is -0.273. The number of carbonyl (C=O) groups is 1. The highest BCUT2D eigenvalue weighted by atomic mass is 16.5. The number of methoxy groups -OCH3 is 2. The molecule has 3 rings (SSSR count). The van der Waals surface area contributed by atoms with Crippen LogP contribution in [-0.4, -0.2) is 35.1 Å². The van der Waals surface area contributed by atoms with Gasteiger partial charge in [0.25, 0.3) is 5.56 Å². The van der Waals surface area contributed by atoms with Crippen LogP contribution in [0.25, 0.3) is 10.9 Å². The van der Waals surface area contributed by atoms with Crippen molar-refractivity contribution in [2.24, 2.45) is 0 Å². The minimum absolute atomic E-state index is 0.0715. The van der Waals surface area contributed by atoms with Crippen molar-refractivity contribution in [2.75, 3.05) is 19.5 Å². The topological polar surface area (TPSA) is 95.3 Å². The fourth-order valence-electron chi connectivity index (χ4n) is 2.49. The zero-order valence-corrected chi connectivity index (χ0v) is 14.4. The van der Waals surface area contributed by atoms with Gasteiger partial charge in [-0.1, -0.05) is 17.3 Å². The second-order valence-corrected chi connectivity index (χ2v) is 5.50. The maximum atomic E-state index is 12.4. The Labute approximate surface area is 149 Å². The van der Waals surface area contributed by atoms with Gasteiger partial charge in [-0.25, -0.2) is 4.68 Å². The van der Waals surface area contributed by atoms with Gasteiger partial charge in [0.2, 0.25) is 5.91 Å². The van der Waals surface area contributed by atoms with E-state index in [4.69, 9.17) is 9.47 Å². The molecule has 0 saturated carbocycles. The van der Waals surface area contributed by atoms with Crippen molar-refractivity contribution in [3.05, 3.63) is 52.8 Å². The quantitative estimate of drug-likeness (QED) is 0.726. The number of nitrogens with one attached hydrogen (secondary N) is 1. The molecular weight excluding hydrogens is 336 g/mol. The van der Waals surface area contributed by atoms with Crippen LogP contribution in [0.4, 0.5) is 5.69 Å². The molecule has 0 spiro atoms. The first kappa shape index (κ1) is 17.4. The molecule has 1 heterocycles. The summed E-state index contributed by atoms with van der Waals surface area (Å²) in [6, 6.07) is 12.0. The van der Waals surface area contributed by atoms with Crippen LogP contribution in [0.5, 0.6) is 11.5 Å². The Bertz CT molecular complexity index is 1000. The fourth-order valence-corrected chi connectivity index (χ4v) is 2.49. The molecule has 134 valence electrons. The zero-order chi connectivity index (χ0) is 18.5. The number of aryl methyl sites for hydroxylation is 1. The summed E-state index contributed by atoms with van der Waals surface area (Å²) in [4.78, 5) is 24.6. The second kappa shape index (κ2) is 7.64. The lowest BCUT2D eigenvalue weighted by Crippen LogP contribution is -2.26. The standard InChI is InChI=1S/C18H18N4O4/c1-25-12-7-8-15(16(11-12)26-2)19-17(23)9-10-22-18(24)13-5-3-4-6-14(13)20-21-22/h3-8,11H,9-10H2,1-2H3,(H,19,23). The molecule has 1 amide bonds. The SMILES string of the molecule is COc1ccc(NC(=O)CCn2nnc3ccccc3c2=O)c(OC)c1. The van der Waals surface area contributed by atoms with Crippen molar-refractivity contribution < 1.29 is 14.3 Å². The van der Waals surface area contributed by atoms with E-state index in [0.29, 0.717) is 28.1 Å².